The van der Waals surface area contributed by atoms with Crippen LogP contribution in [-0.4, -0.2) is 15.9 Å². The van der Waals surface area contributed by atoms with Crippen molar-refractivity contribution in [2.24, 2.45) is 11.8 Å². The van der Waals surface area contributed by atoms with E-state index in [0.29, 0.717) is 5.92 Å². The molecule has 0 saturated carbocycles. The maximum absolute atomic E-state index is 11.1. The first kappa shape index (κ1) is 18.1. The van der Waals surface area contributed by atoms with Gasteiger partial charge in [-0.05, 0) is 31.1 Å². The van der Waals surface area contributed by atoms with Gasteiger partial charge in [-0.25, -0.2) is 4.57 Å². The minimum atomic E-state index is -4.38. The highest BCUT2D eigenvalue weighted by Gasteiger charge is 2.28. The average Bonchev–Trinajstić information content (AvgIpc) is 2.24. The third-order valence-electron chi connectivity index (χ3n) is 3.28. The Morgan fingerprint density at radius 2 is 1.72 bits per heavy atom. The van der Waals surface area contributed by atoms with Crippen LogP contribution in [0.15, 0.2) is 0 Å². The van der Waals surface area contributed by atoms with Gasteiger partial charge in [-0.1, -0.05) is 47.0 Å². The van der Waals surface area contributed by atoms with Gasteiger partial charge in [-0.2, -0.15) is 0 Å². The van der Waals surface area contributed by atoms with Crippen LogP contribution in [0.3, 0.4) is 0 Å². The molecular formula is C13H29O4P. The Morgan fingerprint density at radius 3 is 2.11 bits per heavy atom. The maximum atomic E-state index is 11.1. The van der Waals surface area contributed by atoms with Gasteiger partial charge in [-0.15, -0.1) is 0 Å². The fourth-order valence-corrected chi connectivity index (χ4v) is 2.80. The first-order valence-corrected chi connectivity index (χ1v) is 8.57. The molecule has 0 aromatic rings. The molecule has 2 unspecified atom stereocenters. The third kappa shape index (κ3) is 9.09. The number of phosphoric acid groups is 1. The summed E-state index contributed by atoms with van der Waals surface area (Å²) in [4.78, 5) is 18.0. The largest absolute Gasteiger partial charge is 0.469 e. The lowest BCUT2D eigenvalue weighted by Gasteiger charge is -2.27. The summed E-state index contributed by atoms with van der Waals surface area (Å²) in [6.07, 6.45) is 5.42. The Morgan fingerprint density at radius 1 is 1.11 bits per heavy atom. The van der Waals surface area contributed by atoms with Crippen LogP contribution < -0.4 is 0 Å². The second-order valence-corrected chi connectivity index (χ2v) is 6.61. The van der Waals surface area contributed by atoms with Crippen LogP contribution in [0.25, 0.3) is 0 Å². The van der Waals surface area contributed by atoms with E-state index in [0.717, 1.165) is 38.5 Å². The third-order valence-corrected chi connectivity index (χ3v) is 3.83. The van der Waals surface area contributed by atoms with E-state index in [2.05, 4.69) is 27.7 Å². The summed E-state index contributed by atoms with van der Waals surface area (Å²) < 4.78 is 16.1. The zero-order valence-electron chi connectivity index (χ0n) is 12.1. The van der Waals surface area contributed by atoms with Crippen molar-refractivity contribution in [3.63, 3.8) is 0 Å². The molecule has 0 aromatic heterocycles. The van der Waals surface area contributed by atoms with Crippen LogP contribution in [0.1, 0.15) is 66.2 Å². The number of phosphoric ester groups is 1. The highest BCUT2D eigenvalue weighted by atomic mass is 31.2. The molecule has 5 heteroatoms. The van der Waals surface area contributed by atoms with Crippen molar-refractivity contribution >= 4 is 7.82 Å². The summed E-state index contributed by atoms with van der Waals surface area (Å²) in [6.45, 7) is 8.41. The average molecular weight is 280 g/mol. The number of hydrogen-bond donors (Lipinski definition) is 2. The number of rotatable bonds is 10. The van der Waals surface area contributed by atoms with E-state index in [9.17, 15) is 4.57 Å². The molecule has 0 amide bonds. The maximum Gasteiger partial charge on any atom is 0.469 e. The Balaban J connectivity index is 4.53. The molecule has 0 aliphatic carbocycles. The zero-order chi connectivity index (χ0) is 14.2. The van der Waals surface area contributed by atoms with E-state index in [1.807, 2.05) is 0 Å². The molecule has 0 radical (unpaired) electrons. The molecule has 2 N–H and O–H groups in total. The van der Waals surface area contributed by atoms with E-state index in [-0.39, 0.29) is 12.0 Å². The predicted molar refractivity (Wildman–Crippen MR) is 74.3 cm³/mol. The fraction of sp³-hybridized carbons (Fsp3) is 1.00. The van der Waals surface area contributed by atoms with Gasteiger partial charge in [0.1, 0.15) is 0 Å². The summed E-state index contributed by atoms with van der Waals surface area (Å²) in [6, 6.07) is 0. The van der Waals surface area contributed by atoms with E-state index < -0.39 is 7.82 Å². The molecule has 0 bridgehead atoms. The minimum absolute atomic E-state index is 0.247. The van der Waals surface area contributed by atoms with Gasteiger partial charge in [0, 0.05) is 0 Å². The SMILES string of the molecule is CCCCC(CC)C(CCC(C)C)OP(=O)(O)O. The summed E-state index contributed by atoms with van der Waals surface area (Å²) in [5.41, 5.74) is 0. The zero-order valence-corrected chi connectivity index (χ0v) is 13.0. The fourth-order valence-electron chi connectivity index (χ4n) is 2.17. The molecule has 0 heterocycles. The quantitative estimate of drug-likeness (QED) is 0.591. The lowest BCUT2D eigenvalue weighted by molar-refractivity contribution is 0.0707. The molecule has 4 nitrogen and oxygen atoms in total. The Bertz CT molecular complexity index is 249. The summed E-state index contributed by atoms with van der Waals surface area (Å²) in [5.74, 6) is 0.771. The second kappa shape index (κ2) is 9.08. The van der Waals surface area contributed by atoms with Crippen molar-refractivity contribution in [1.29, 1.82) is 0 Å². The van der Waals surface area contributed by atoms with Gasteiger partial charge in [0.25, 0.3) is 0 Å². The van der Waals surface area contributed by atoms with Crippen LogP contribution in [-0.2, 0) is 9.09 Å². The van der Waals surface area contributed by atoms with Crippen LogP contribution in [0, 0.1) is 11.8 Å². The van der Waals surface area contributed by atoms with E-state index in [1.165, 1.54) is 0 Å². The van der Waals surface area contributed by atoms with Crippen molar-refractivity contribution < 1.29 is 18.9 Å². The van der Waals surface area contributed by atoms with Gasteiger partial charge in [0.2, 0.25) is 0 Å². The standard InChI is InChI=1S/C13H29O4P/c1-5-7-8-12(6-2)13(10-9-11(3)4)17-18(14,15)16/h11-13H,5-10H2,1-4H3,(H2,14,15,16). The predicted octanol–water partition coefficient (Wildman–Crippen LogP) is 4.12. The summed E-state index contributed by atoms with van der Waals surface area (Å²) in [5, 5.41) is 0. The smallest absolute Gasteiger partial charge is 0.303 e. The minimum Gasteiger partial charge on any atom is -0.303 e. The van der Waals surface area contributed by atoms with Crippen LogP contribution in [0.5, 0.6) is 0 Å². The van der Waals surface area contributed by atoms with Crippen LogP contribution in [0.4, 0.5) is 0 Å². The molecule has 110 valence electrons. The molecule has 0 spiro atoms. The number of hydrogen-bond acceptors (Lipinski definition) is 2. The van der Waals surface area contributed by atoms with Crippen LogP contribution in [0.2, 0.25) is 0 Å². The molecule has 0 aromatic carbocycles. The Kier molecular flexibility index (Phi) is 9.14. The van der Waals surface area contributed by atoms with Gasteiger partial charge in [0.05, 0.1) is 6.10 Å². The molecule has 18 heavy (non-hydrogen) atoms. The monoisotopic (exact) mass is 280 g/mol. The van der Waals surface area contributed by atoms with Crippen molar-refractivity contribution in [2.45, 2.75) is 72.3 Å². The van der Waals surface area contributed by atoms with Gasteiger partial charge >= 0.3 is 7.82 Å². The number of unbranched alkanes of at least 4 members (excludes halogenated alkanes) is 1. The molecule has 2 atom stereocenters. The Hall–Kier alpha value is 0.110. The second-order valence-electron chi connectivity index (χ2n) is 5.42. The molecule has 0 rings (SSSR count). The molecule has 0 aliphatic heterocycles. The molecule has 0 saturated heterocycles. The van der Waals surface area contributed by atoms with Crippen molar-refractivity contribution in [2.75, 3.05) is 0 Å². The molecular weight excluding hydrogens is 251 g/mol. The Labute approximate surface area is 111 Å². The van der Waals surface area contributed by atoms with Crippen molar-refractivity contribution in [3.05, 3.63) is 0 Å². The normalized spacial score (nSPS) is 15.9. The summed E-state index contributed by atoms with van der Waals surface area (Å²) in [7, 11) is -4.38. The first-order valence-electron chi connectivity index (χ1n) is 7.04. The highest BCUT2D eigenvalue weighted by molar-refractivity contribution is 7.46. The van der Waals surface area contributed by atoms with Crippen molar-refractivity contribution in [3.8, 4) is 0 Å². The lowest BCUT2D eigenvalue weighted by atomic mass is 9.89. The highest BCUT2D eigenvalue weighted by Crippen LogP contribution is 2.41. The van der Waals surface area contributed by atoms with Crippen LogP contribution >= 0.6 is 7.82 Å². The van der Waals surface area contributed by atoms with Crippen molar-refractivity contribution in [1.82, 2.24) is 0 Å². The summed E-state index contributed by atoms with van der Waals surface area (Å²) >= 11 is 0. The molecule has 0 fully saturated rings. The van der Waals surface area contributed by atoms with E-state index in [1.54, 1.807) is 0 Å². The first-order chi connectivity index (χ1) is 8.30. The topological polar surface area (TPSA) is 66.8 Å². The van der Waals surface area contributed by atoms with Gasteiger partial charge in [-0.3, -0.25) is 4.52 Å². The van der Waals surface area contributed by atoms with E-state index >= 15 is 0 Å². The van der Waals surface area contributed by atoms with Gasteiger partial charge in [0.15, 0.2) is 0 Å². The molecule has 0 aliphatic rings. The van der Waals surface area contributed by atoms with E-state index in [4.69, 9.17) is 14.3 Å². The van der Waals surface area contributed by atoms with Gasteiger partial charge < -0.3 is 9.79 Å². The lowest BCUT2D eigenvalue weighted by Crippen LogP contribution is -2.23.